The Hall–Kier alpha value is -2.07. The van der Waals surface area contributed by atoms with Crippen LogP contribution in [0.4, 0.5) is 18.9 Å². The van der Waals surface area contributed by atoms with E-state index in [2.05, 4.69) is 19.0 Å². The second kappa shape index (κ2) is 6.92. The van der Waals surface area contributed by atoms with E-state index in [1.165, 1.54) is 12.1 Å². The van der Waals surface area contributed by atoms with Crippen LogP contribution < -0.4 is 9.08 Å². The molecule has 3 rings (SSSR count). The highest BCUT2D eigenvalue weighted by Gasteiger charge is 2.48. The van der Waals surface area contributed by atoms with E-state index in [-0.39, 0.29) is 0 Å². The lowest BCUT2D eigenvalue weighted by Gasteiger charge is -2.22. The number of halogens is 3. The summed E-state index contributed by atoms with van der Waals surface area (Å²) in [5.74, 6) is -0.399. The third kappa shape index (κ3) is 4.01. The highest BCUT2D eigenvalue weighted by Crippen LogP contribution is 2.29. The van der Waals surface area contributed by atoms with Gasteiger partial charge in [-0.05, 0) is 44.3 Å². The molecule has 26 heavy (non-hydrogen) atoms. The van der Waals surface area contributed by atoms with Crippen LogP contribution in [0.15, 0.2) is 30.5 Å². The van der Waals surface area contributed by atoms with Gasteiger partial charge in [-0.15, -0.1) is 0 Å². The van der Waals surface area contributed by atoms with Crippen LogP contribution in [0, 0.1) is 0 Å². The van der Waals surface area contributed by atoms with Gasteiger partial charge in [0.2, 0.25) is 0 Å². The van der Waals surface area contributed by atoms with Crippen molar-refractivity contribution in [3.05, 3.63) is 30.5 Å². The first-order valence-corrected chi connectivity index (χ1v) is 9.41. The van der Waals surface area contributed by atoms with E-state index in [1.807, 2.05) is 7.05 Å². The molecule has 10 heteroatoms. The van der Waals surface area contributed by atoms with E-state index >= 15 is 0 Å². The summed E-state index contributed by atoms with van der Waals surface area (Å²) < 4.78 is 63.9. The molecule has 0 atom stereocenters. The standard InChI is InChI=1S/C16H18F3N3O3S/c1-21-5-2-6-22(8-7-21)13-9-12-10-14(3-4-15(12)20-11-13)25-26(23,24)16(17,18)19/h3-4,9-11H,2,5-8H2,1H3. The first-order chi connectivity index (χ1) is 12.2. The summed E-state index contributed by atoms with van der Waals surface area (Å²) in [7, 11) is -3.65. The second-order valence-electron chi connectivity index (χ2n) is 6.18. The number of fused-ring (bicyclic) bond motifs is 1. The third-order valence-corrected chi connectivity index (χ3v) is 5.19. The van der Waals surface area contributed by atoms with E-state index in [4.69, 9.17) is 0 Å². The van der Waals surface area contributed by atoms with Gasteiger partial charge in [0.1, 0.15) is 5.75 Å². The summed E-state index contributed by atoms with van der Waals surface area (Å²) in [6.45, 7) is 3.54. The Kier molecular flexibility index (Phi) is 4.98. The molecular formula is C16H18F3N3O3S. The van der Waals surface area contributed by atoms with Crippen molar-refractivity contribution >= 4 is 26.7 Å². The normalized spacial score (nSPS) is 17.3. The zero-order valence-electron chi connectivity index (χ0n) is 14.0. The van der Waals surface area contributed by atoms with Gasteiger partial charge >= 0.3 is 15.6 Å². The largest absolute Gasteiger partial charge is 0.534 e. The van der Waals surface area contributed by atoms with E-state index in [0.717, 1.165) is 44.4 Å². The Morgan fingerprint density at radius 1 is 1.12 bits per heavy atom. The number of hydrogen-bond donors (Lipinski definition) is 0. The van der Waals surface area contributed by atoms with Gasteiger partial charge in [-0.3, -0.25) is 4.98 Å². The molecule has 1 aliphatic rings. The number of alkyl halides is 3. The molecular weight excluding hydrogens is 371 g/mol. The first-order valence-electron chi connectivity index (χ1n) is 8.00. The molecule has 0 aliphatic carbocycles. The molecule has 2 heterocycles. The van der Waals surface area contributed by atoms with Crippen LogP contribution in [0.25, 0.3) is 10.9 Å². The smallest absolute Gasteiger partial charge is 0.376 e. The molecule has 1 saturated heterocycles. The van der Waals surface area contributed by atoms with Crippen molar-refractivity contribution in [3.63, 3.8) is 0 Å². The fraction of sp³-hybridized carbons (Fsp3) is 0.438. The Labute approximate surface area is 149 Å². The van der Waals surface area contributed by atoms with Crippen molar-refractivity contribution in [1.29, 1.82) is 0 Å². The predicted molar refractivity (Wildman–Crippen MR) is 91.7 cm³/mol. The summed E-state index contributed by atoms with van der Waals surface area (Å²) >= 11 is 0. The molecule has 0 saturated carbocycles. The van der Waals surface area contributed by atoms with Gasteiger partial charge in [-0.25, -0.2) is 0 Å². The lowest BCUT2D eigenvalue weighted by atomic mass is 10.2. The first kappa shape index (κ1) is 18.7. The zero-order valence-corrected chi connectivity index (χ0v) is 14.8. The maximum atomic E-state index is 12.5. The number of pyridine rings is 1. The molecule has 0 N–H and O–H groups in total. The van der Waals surface area contributed by atoms with Gasteiger partial charge < -0.3 is 14.0 Å². The molecule has 0 amide bonds. The number of nitrogens with zero attached hydrogens (tertiary/aromatic N) is 3. The molecule has 0 spiro atoms. The topological polar surface area (TPSA) is 62.7 Å². The lowest BCUT2D eigenvalue weighted by molar-refractivity contribution is -0.0500. The predicted octanol–water partition coefficient (Wildman–Crippen LogP) is 2.61. The van der Waals surface area contributed by atoms with Gasteiger partial charge in [0, 0.05) is 25.0 Å². The number of likely N-dealkylation sites (N-methyl/N-ethyl adjacent to an activating group) is 1. The quantitative estimate of drug-likeness (QED) is 0.594. The van der Waals surface area contributed by atoms with Gasteiger partial charge in [-0.1, -0.05) is 0 Å². The number of anilines is 1. The monoisotopic (exact) mass is 389 g/mol. The van der Waals surface area contributed by atoms with Gasteiger partial charge in [0.05, 0.1) is 17.4 Å². The van der Waals surface area contributed by atoms with E-state index in [1.54, 1.807) is 12.3 Å². The van der Waals surface area contributed by atoms with Crippen LogP contribution in [0.2, 0.25) is 0 Å². The molecule has 1 fully saturated rings. The van der Waals surface area contributed by atoms with Crippen LogP contribution in [-0.4, -0.2) is 57.0 Å². The number of benzene rings is 1. The Morgan fingerprint density at radius 2 is 1.88 bits per heavy atom. The molecule has 142 valence electrons. The van der Waals surface area contributed by atoms with Gasteiger partial charge in [0.15, 0.2) is 0 Å². The molecule has 0 unspecified atom stereocenters. The second-order valence-corrected chi connectivity index (χ2v) is 7.71. The molecule has 1 aliphatic heterocycles. The summed E-state index contributed by atoms with van der Waals surface area (Å²) in [5.41, 5.74) is -4.10. The van der Waals surface area contributed by atoms with Crippen LogP contribution >= 0.6 is 0 Å². The van der Waals surface area contributed by atoms with Crippen LogP contribution in [0.5, 0.6) is 5.75 Å². The summed E-state index contributed by atoms with van der Waals surface area (Å²) in [5, 5.41) is 0.509. The van der Waals surface area contributed by atoms with Crippen molar-refractivity contribution in [2.24, 2.45) is 0 Å². The van der Waals surface area contributed by atoms with Crippen molar-refractivity contribution in [2.45, 2.75) is 11.9 Å². The minimum Gasteiger partial charge on any atom is -0.376 e. The Balaban J connectivity index is 1.89. The lowest BCUT2D eigenvalue weighted by Crippen LogP contribution is -2.28. The molecule has 0 bridgehead atoms. The van der Waals surface area contributed by atoms with Crippen molar-refractivity contribution < 1.29 is 25.8 Å². The van der Waals surface area contributed by atoms with E-state index < -0.39 is 21.4 Å². The number of aromatic nitrogens is 1. The van der Waals surface area contributed by atoms with Crippen LogP contribution in [-0.2, 0) is 10.1 Å². The van der Waals surface area contributed by atoms with Crippen LogP contribution in [0.3, 0.4) is 0 Å². The molecule has 1 aromatic carbocycles. The summed E-state index contributed by atoms with van der Waals surface area (Å²) in [6, 6.07) is 5.61. The van der Waals surface area contributed by atoms with Gasteiger partial charge in [-0.2, -0.15) is 21.6 Å². The minimum atomic E-state index is -5.70. The number of hydrogen-bond acceptors (Lipinski definition) is 6. The molecule has 1 aromatic heterocycles. The van der Waals surface area contributed by atoms with Crippen LogP contribution in [0.1, 0.15) is 6.42 Å². The summed E-state index contributed by atoms with van der Waals surface area (Å²) in [6.07, 6.45) is 2.70. The average Bonchev–Trinajstić information content (AvgIpc) is 2.77. The minimum absolute atomic E-state index is 0.399. The highest BCUT2D eigenvalue weighted by molar-refractivity contribution is 7.88. The molecule has 2 aromatic rings. The zero-order chi connectivity index (χ0) is 18.9. The van der Waals surface area contributed by atoms with Crippen molar-refractivity contribution in [2.75, 3.05) is 38.1 Å². The molecule has 0 radical (unpaired) electrons. The average molecular weight is 389 g/mol. The van der Waals surface area contributed by atoms with E-state index in [9.17, 15) is 21.6 Å². The fourth-order valence-electron chi connectivity index (χ4n) is 2.80. The number of rotatable bonds is 3. The maximum absolute atomic E-state index is 12.5. The Bertz CT molecular complexity index is 902. The van der Waals surface area contributed by atoms with Crippen molar-refractivity contribution in [3.8, 4) is 5.75 Å². The maximum Gasteiger partial charge on any atom is 0.534 e. The Morgan fingerprint density at radius 3 is 2.62 bits per heavy atom. The fourth-order valence-corrected chi connectivity index (χ4v) is 3.25. The summed E-state index contributed by atoms with van der Waals surface area (Å²) in [4.78, 5) is 8.68. The van der Waals surface area contributed by atoms with Gasteiger partial charge in [0.25, 0.3) is 0 Å². The SMILES string of the molecule is CN1CCCN(c2cnc3ccc(OS(=O)(=O)C(F)(F)F)cc3c2)CC1. The third-order valence-electron chi connectivity index (χ3n) is 4.21. The molecule has 6 nitrogen and oxygen atoms in total. The van der Waals surface area contributed by atoms with Crippen molar-refractivity contribution in [1.82, 2.24) is 9.88 Å². The van der Waals surface area contributed by atoms with E-state index in [0.29, 0.717) is 10.9 Å². The highest BCUT2D eigenvalue weighted by atomic mass is 32.2.